The maximum Gasteiger partial charge on any atom is 0.294 e. The second kappa shape index (κ2) is 5.14. The van der Waals surface area contributed by atoms with Crippen LogP contribution in [0.2, 0.25) is 0 Å². The molecule has 1 aromatic rings. The monoisotopic (exact) mass is 229 g/mol. The van der Waals surface area contributed by atoms with Crippen LogP contribution in [-0.4, -0.2) is 19.5 Å². The molecule has 0 fully saturated rings. The fraction of sp³-hybridized carbons (Fsp3) is 0.400. The van der Waals surface area contributed by atoms with Crippen LogP contribution in [0.1, 0.15) is 19.8 Å². The topological polar surface area (TPSA) is 66.4 Å². The van der Waals surface area contributed by atoms with Gasteiger partial charge in [0.05, 0.1) is 4.90 Å². The standard InChI is InChI=1S/C10H15NO3S/c1-2-3-7-11-9-5-4-6-10(8-9)15(12,13)14/h4-6,8,11H,2-3,7H2,1H3,(H,12,13,14). The molecule has 0 amide bonds. The smallest absolute Gasteiger partial charge is 0.294 e. The second-order valence-electron chi connectivity index (χ2n) is 3.28. The van der Waals surface area contributed by atoms with Gasteiger partial charge in [0.2, 0.25) is 0 Å². The van der Waals surface area contributed by atoms with Gasteiger partial charge in [0.25, 0.3) is 10.1 Å². The molecule has 0 saturated heterocycles. The van der Waals surface area contributed by atoms with Crippen LogP contribution in [0, 0.1) is 0 Å². The third-order valence-electron chi connectivity index (χ3n) is 1.99. The average molecular weight is 229 g/mol. The van der Waals surface area contributed by atoms with Crippen LogP contribution in [0.4, 0.5) is 5.69 Å². The molecule has 15 heavy (non-hydrogen) atoms. The van der Waals surface area contributed by atoms with Crippen LogP contribution in [0.15, 0.2) is 29.2 Å². The van der Waals surface area contributed by atoms with Crippen LogP contribution in [0.3, 0.4) is 0 Å². The van der Waals surface area contributed by atoms with Gasteiger partial charge < -0.3 is 5.32 Å². The van der Waals surface area contributed by atoms with Crippen molar-refractivity contribution in [3.05, 3.63) is 24.3 Å². The van der Waals surface area contributed by atoms with E-state index in [1.807, 2.05) is 0 Å². The Balaban J connectivity index is 2.75. The predicted molar refractivity (Wildman–Crippen MR) is 59.7 cm³/mol. The maximum absolute atomic E-state index is 10.8. The molecular formula is C10H15NO3S. The molecular weight excluding hydrogens is 214 g/mol. The third-order valence-corrected chi connectivity index (χ3v) is 2.84. The van der Waals surface area contributed by atoms with Crippen molar-refractivity contribution in [3.63, 3.8) is 0 Å². The molecule has 0 spiro atoms. The molecule has 0 aromatic heterocycles. The summed E-state index contributed by atoms with van der Waals surface area (Å²) < 4.78 is 30.5. The van der Waals surface area contributed by atoms with Crippen molar-refractivity contribution in [1.82, 2.24) is 0 Å². The molecule has 0 saturated carbocycles. The van der Waals surface area contributed by atoms with Gasteiger partial charge in [0, 0.05) is 12.2 Å². The van der Waals surface area contributed by atoms with Gasteiger partial charge >= 0.3 is 0 Å². The highest BCUT2D eigenvalue weighted by atomic mass is 32.2. The molecule has 0 aliphatic carbocycles. The van der Waals surface area contributed by atoms with Gasteiger partial charge in [-0.15, -0.1) is 0 Å². The fourth-order valence-electron chi connectivity index (χ4n) is 1.18. The van der Waals surface area contributed by atoms with E-state index >= 15 is 0 Å². The number of benzene rings is 1. The molecule has 84 valence electrons. The minimum Gasteiger partial charge on any atom is -0.385 e. The lowest BCUT2D eigenvalue weighted by Gasteiger charge is -2.06. The molecule has 0 bridgehead atoms. The van der Waals surface area contributed by atoms with Crippen molar-refractivity contribution in [2.45, 2.75) is 24.7 Å². The first-order chi connectivity index (χ1) is 7.04. The van der Waals surface area contributed by atoms with E-state index in [2.05, 4.69) is 12.2 Å². The third kappa shape index (κ3) is 3.89. The summed E-state index contributed by atoms with van der Waals surface area (Å²) in [5.41, 5.74) is 0.707. The normalized spacial score (nSPS) is 11.3. The molecule has 0 aliphatic heterocycles. The van der Waals surface area contributed by atoms with Crippen LogP contribution in [0.25, 0.3) is 0 Å². The summed E-state index contributed by atoms with van der Waals surface area (Å²) in [7, 11) is -4.10. The van der Waals surface area contributed by atoms with E-state index in [-0.39, 0.29) is 4.90 Å². The van der Waals surface area contributed by atoms with E-state index < -0.39 is 10.1 Å². The van der Waals surface area contributed by atoms with E-state index in [0.29, 0.717) is 5.69 Å². The number of hydrogen-bond donors (Lipinski definition) is 2. The zero-order valence-electron chi connectivity index (χ0n) is 8.60. The average Bonchev–Trinajstić information content (AvgIpc) is 2.17. The van der Waals surface area contributed by atoms with Crippen LogP contribution in [0.5, 0.6) is 0 Å². The Morgan fingerprint density at radius 1 is 1.40 bits per heavy atom. The summed E-state index contributed by atoms with van der Waals surface area (Å²) in [5.74, 6) is 0. The maximum atomic E-state index is 10.8. The first kappa shape index (κ1) is 12.0. The van der Waals surface area contributed by atoms with E-state index in [4.69, 9.17) is 4.55 Å². The fourth-order valence-corrected chi connectivity index (χ4v) is 1.70. The largest absolute Gasteiger partial charge is 0.385 e. The lowest BCUT2D eigenvalue weighted by molar-refractivity contribution is 0.483. The molecule has 5 heteroatoms. The Labute approximate surface area is 90.1 Å². The molecule has 0 unspecified atom stereocenters. The SMILES string of the molecule is CCCCNc1cccc(S(=O)(=O)O)c1. The molecule has 2 N–H and O–H groups in total. The summed E-state index contributed by atoms with van der Waals surface area (Å²) in [6.45, 7) is 2.88. The number of anilines is 1. The molecule has 4 nitrogen and oxygen atoms in total. The number of rotatable bonds is 5. The van der Waals surface area contributed by atoms with Crippen molar-refractivity contribution >= 4 is 15.8 Å². The highest BCUT2D eigenvalue weighted by Crippen LogP contribution is 2.14. The Morgan fingerprint density at radius 2 is 2.13 bits per heavy atom. The van der Waals surface area contributed by atoms with Gasteiger partial charge in [-0.25, -0.2) is 0 Å². The summed E-state index contributed by atoms with van der Waals surface area (Å²) >= 11 is 0. The molecule has 0 heterocycles. The highest BCUT2D eigenvalue weighted by Gasteiger charge is 2.08. The van der Waals surface area contributed by atoms with Gasteiger partial charge in [-0.05, 0) is 24.6 Å². The molecule has 0 aliphatic rings. The van der Waals surface area contributed by atoms with Crippen molar-refractivity contribution < 1.29 is 13.0 Å². The molecule has 1 aromatic carbocycles. The Bertz CT molecular complexity index is 414. The van der Waals surface area contributed by atoms with E-state index in [1.165, 1.54) is 12.1 Å². The van der Waals surface area contributed by atoms with Gasteiger partial charge in [0.1, 0.15) is 0 Å². The lowest BCUT2D eigenvalue weighted by Crippen LogP contribution is -2.03. The van der Waals surface area contributed by atoms with Crippen molar-refractivity contribution in [1.29, 1.82) is 0 Å². The van der Waals surface area contributed by atoms with Crippen LogP contribution >= 0.6 is 0 Å². The van der Waals surface area contributed by atoms with Gasteiger partial charge in [-0.1, -0.05) is 19.4 Å². The molecule has 0 radical (unpaired) electrons. The van der Waals surface area contributed by atoms with Crippen molar-refractivity contribution in [2.24, 2.45) is 0 Å². The lowest BCUT2D eigenvalue weighted by atomic mass is 10.3. The van der Waals surface area contributed by atoms with E-state index in [9.17, 15) is 8.42 Å². The van der Waals surface area contributed by atoms with Crippen LogP contribution < -0.4 is 5.32 Å². The van der Waals surface area contributed by atoms with E-state index in [0.717, 1.165) is 19.4 Å². The minimum atomic E-state index is -4.10. The summed E-state index contributed by atoms with van der Waals surface area (Å²) in [6, 6.07) is 6.15. The van der Waals surface area contributed by atoms with Crippen LogP contribution in [-0.2, 0) is 10.1 Å². The quantitative estimate of drug-likeness (QED) is 0.599. The van der Waals surface area contributed by atoms with Gasteiger partial charge in [0.15, 0.2) is 0 Å². The first-order valence-corrected chi connectivity index (χ1v) is 6.29. The van der Waals surface area contributed by atoms with E-state index in [1.54, 1.807) is 12.1 Å². The number of hydrogen-bond acceptors (Lipinski definition) is 3. The second-order valence-corrected chi connectivity index (χ2v) is 4.70. The predicted octanol–water partition coefficient (Wildman–Crippen LogP) is 2.15. The summed E-state index contributed by atoms with van der Waals surface area (Å²) in [4.78, 5) is -0.0796. The van der Waals surface area contributed by atoms with Crippen molar-refractivity contribution in [3.8, 4) is 0 Å². The Morgan fingerprint density at radius 3 is 2.73 bits per heavy atom. The Kier molecular flexibility index (Phi) is 4.11. The summed E-state index contributed by atoms with van der Waals surface area (Å²) in [5, 5.41) is 3.08. The number of unbranched alkanes of at least 4 members (excludes halogenated alkanes) is 1. The Hall–Kier alpha value is -1.07. The van der Waals surface area contributed by atoms with Gasteiger partial charge in [-0.3, -0.25) is 4.55 Å². The molecule has 0 atom stereocenters. The minimum absolute atomic E-state index is 0.0796. The summed E-state index contributed by atoms with van der Waals surface area (Å²) in [6.07, 6.45) is 2.10. The zero-order chi connectivity index (χ0) is 11.3. The van der Waals surface area contributed by atoms with Gasteiger partial charge in [-0.2, -0.15) is 8.42 Å². The first-order valence-electron chi connectivity index (χ1n) is 4.85. The van der Waals surface area contributed by atoms with Crippen molar-refractivity contribution in [2.75, 3.05) is 11.9 Å². The highest BCUT2D eigenvalue weighted by molar-refractivity contribution is 7.85. The molecule has 1 rings (SSSR count). The number of nitrogens with one attached hydrogen (secondary N) is 1. The zero-order valence-corrected chi connectivity index (χ0v) is 9.42.